The third-order valence-corrected chi connectivity index (χ3v) is 1.91. The minimum Gasteiger partial charge on any atom is -0.347 e. The average molecular weight is 170 g/mol. The maximum Gasteiger partial charge on any atom is 0.137 e. The van der Waals surface area contributed by atoms with Crippen LogP contribution in [0, 0.1) is 0 Å². The Morgan fingerprint density at radius 3 is 2.92 bits per heavy atom. The van der Waals surface area contributed by atoms with E-state index in [2.05, 4.69) is 22.9 Å². The SMILES string of the molecule is C=CNc1nccc2ccccc12. The summed E-state index contributed by atoms with van der Waals surface area (Å²) in [5, 5.41) is 5.30. The molecule has 2 nitrogen and oxygen atoms in total. The molecule has 1 N–H and O–H groups in total. The Morgan fingerprint density at radius 1 is 1.23 bits per heavy atom. The molecule has 2 rings (SSSR count). The molecule has 1 aromatic carbocycles. The number of benzene rings is 1. The molecule has 0 saturated carbocycles. The summed E-state index contributed by atoms with van der Waals surface area (Å²) in [6, 6.07) is 10.1. The monoisotopic (exact) mass is 170 g/mol. The zero-order valence-corrected chi connectivity index (χ0v) is 7.20. The van der Waals surface area contributed by atoms with E-state index >= 15 is 0 Å². The van der Waals surface area contributed by atoms with Gasteiger partial charge in [0.15, 0.2) is 0 Å². The van der Waals surface area contributed by atoms with Crippen molar-refractivity contribution in [1.82, 2.24) is 4.98 Å². The lowest BCUT2D eigenvalue weighted by molar-refractivity contribution is 1.34. The number of fused-ring (bicyclic) bond motifs is 1. The highest BCUT2D eigenvalue weighted by Gasteiger charge is 1.97. The lowest BCUT2D eigenvalue weighted by Gasteiger charge is -2.03. The van der Waals surface area contributed by atoms with Gasteiger partial charge in [0.1, 0.15) is 5.82 Å². The van der Waals surface area contributed by atoms with Gasteiger partial charge >= 0.3 is 0 Å². The normalized spacial score (nSPS) is 9.85. The lowest BCUT2D eigenvalue weighted by Crippen LogP contribution is -1.90. The zero-order chi connectivity index (χ0) is 9.10. The van der Waals surface area contributed by atoms with E-state index in [0.717, 1.165) is 11.2 Å². The fraction of sp³-hybridized carbons (Fsp3) is 0. The van der Waals surface area contributed by atoms with E-state index in [0.29, 0.717) is 0 Å². The molecule has 0 fully saturated rings. The maximum atomic E-state index is 4.21. The van der Waals surface area contributed by atoms with Crippen LogP contribution in [0.4, 0.5) is 5.82 Å². The first-order valence-corrected chi connectivity index (χ1v) is 4.13. The standard InChI is InChI=1S/C11H10N2/c1-2-12-11-10-6-4-3-5-9(10)7-8-13-11/h2-8H,1H2,(H,12,13). The second-order valence-electron chi connectivity index (χ2n) is 2.73. The Hall–Kier alpha value is -1.83. The van der Waals surface area contributed by atoms with Crippen LogP contribution in [0.15, 0.2) is 49.3 Å². The molecule has 2 heteroatoms. The fourth-order valence-corrected chi connectivity index (χ4v) is 1.33. The van der Waals surface area contributed by atoms with E-state index < -0.39 is 0 Å². The second kappa shape index (κ2) is 3.27. The smallest absolute Gasteiger partial charge is 0.137 e. The number of hydrogen-bond donors (Lipinski definition) is 1. The first kappa shape index (κ1) is 7.80. The Kier molecular flexibility index (Phi) is 1.96. The summed E-state index contributed by atoms with van der Waals surface area (Å²) in [7, 11) is 0. The molecule has 0 bridgehead atoms. The van der Waals surface area contributed by atoms with Crippen molar-refractivity contribution in [1.29, 1.82) is 0 Å². The van der Waals surface area contributed by atoms with E-state index in [1.165, 1.54) is 5.39 Å². The highest BCUT2D eigenvalue weighted by Crippen LogP contribution is 2.19. The van der Waals surface area contributed by atoms with E-state index in [1.54, 1.807) is 12.4 Å². The topological polar surface area (TPSA) is 24.9 Å². The molecule has 1 heterocycles. The van der Waals surface area contributed by atoms with Crippen molar-refractivity contribution in [3.63, 3.8) is 0 Å². The third-order valence-electron chi connectivity index (χ3n) is 1.91. The predicted molar refractivity (Wildman–Crippen MR) is 55.6 cm³/mol. The van der Waals surface area contributed by atoms with Crippen LogP contribution >= 0.6 is 0 Å². The molecule has 0 unspecified atom stereocenters. The molecule has 0 aliphatic heterocycles. The van der Waals surface area contributed by atoms with Crippen molar-refractivity contribution in [2.24, 2.45) is 0 Å². The summed E-state index contributed by atoms with van der Waals surface area (Å²) in [6.45, 7) is 3.61. The van der Waals surface area contributed by atoms with Gasteiger partial charge in [-0.1, -0.05) is 30.8 Å². The third kappa shape index (κ3) is 1.38. The van der Waals surface area contributed by atoms with Crippen LogP contribution in [0.5, 0.6) is 0 Å². The Labute approximate surface area is 76.9 Å². The van der Waals surface area contributed by atoms with Gasteiger partial charge in [0, 0.05) is 11.6 Å². The number of anilines is 1. The number of rotatable bonds is 2. The molecule has 64 valence electrons. The Morgan fingerprint density at radius 2 is 2.08 bits per heavy atom. The predicted octanol–water partition coefficient (Wildman–Crippen LogP) is 2.79. The van der Waals surface area contributed by atoms with Crippen LogP contribution in [-0.2, 0) is 0 Å². The highest BCUT2D eigenvalue weighted by molar-refractivity contribution is 5.91. The molecule has 1 aromatic heterocycles. The number of hydrogen-bond acceptors (Lipinski definition) is 2. The zero-order valence-electron chi connectivity index (χ0n) is 7.20. The Bertz CT molecular complexity index is 430. The van der Waals surface area contributed by atoms with Crippen molar-refractivity contribution in [2.75, 3.05) is 5.32 Å². The Balaban J connectivity index is 2.68. The van der Waals surface area contributed by atoms with Gasteiger partial charge in [-0.05, 0) is 17.7 Å². The van der Waals surface area contributed by atoms with Gasteiger partial charge in [-0.3, -0.25) is 0 Å². The summed E-state index contributed by atoms with van der Waals surface area (Å²) in [5.41, 5.74) is 0. The van der Waals surface area contributed by atoms with Crippen molar-refractivity contribution < 1.29 is 0 Å². The summed E-state index contributed by atoms with van der Waals surface area (Å²) >= 11 is 0. The van der Waals surface area contributed by atoms with Crippen LogP contribution in [0.3, 0.4) is 0 Å². The van der Waals surface area contributed by atoms with Crippen LogP contribution in [0.25, 0.3) is 10.8 Å². The molecule has 2 aromatic rings. The van der Waals surface area contributed by atoms with Gasteiger partial charge in [0.25, 0.3) is 0 Å². The fourth-order valence-electron chi connectivity index (χ4n) is 1.33. The van der Waals surface area contributed by atoms with Crippen LogP contribution in [0.1, 0.15) is 0 Å². The van der Waals surface area contributed by atoms with Crippen LogP contribution < -0.4 is 5.32 Å². The number of nitrogens with zero attached hydrogens (tertiary/aromatic N) is 1. The second-order valence-corrected chi connectivity index (χ2v) is 2.73. The number of aromatic nitrogens is 1. The highest BCUT2D eigenvalue weighted by atomic mass is 15.0. The minimum absolute atomic E-state index is 0.855. The summed E-state index contributed by atoms with van der Waals surface area (Å²) < 4.78 is 0. The summed E-state index contributed by atoms with van der Waals surface area (Å²) in [6.07, 6.45) is 3.42. The van der Waals surface area contributed by atoms with E-state index in [9.17, 15) is 0 Å². The molecule has 0 aliphatic rings. The molecule has 0 atom stereocenters. The van der Waals surface area contributed by atoms with Gasteiger partial charge in [-0.2, -0.15) is 0 Å². The first-order chi connectivity index (χ1) is 6.42. The molecule has 0 spiro atoms. The molecule has 0 aliphatic carbocycles. The lowest BCUT2D eigenvalue weighted by atomic mass is 10.1. The summed E-state index contributed by atoms with van der Waals surface area (Å²) in [4.78, 5) is 4.21. The van der Waals surface area contributed by atoms with Crippen LogP contribution in [-0.4, -0.2) is 4.98 Å². The number of nitrogens with one attached hydrogen (secondary N) is 1. The van der Waals surface area contributed by atoms with Crippen molar-refractivity contribution >= 4 is 16.6 Å². The molecular weight excluding hydrogens is 160 g/mol. The maximum absolute atomic E-state index is 4.21. The largest absolute Gasteiger partial charge is 0.347 e. The van der Waals surface area contributed by atoms with Crippen molar-refractivity contribution in [3.8, 4) is 0 Å². The number of pyridine rings is 1. The van der Waals surface area contributed by atoms with E-state index in [4.69, 9.17) is 0 Å². The van der Waals surface area contributed by atoms with Gasteiger partial charge in [-0.15, -0.1) is 0 Å². The van der Waals surface area contributed by atoms with E-state index in [-0.39, 0.29) is 0 Å². The molecule has 13 heavy (non-hydrogen) atoms. The van der Waals surface area contributed by atoms with E-state index in [1.807, 2.05) is 24.3 Å². The van der Waals surface area contributed by atoms with Crippen molar-refractivity contribution in [3.05, 3.63) is 49.3 Å². The van der Waals surface area contributed by atoms with Crippen molar-refractivity contribution in [2.45, 2.75) is 0 Å². The molecule has 0 radical (unpaired) electrons. The molecule has 0 amide bonds. The van der Waals surface area contributed by atoms with Gasteiger partial charge in [-0.25, -0.2) is 4.98 Å². The molecular formula is C11H10N2. The summed E-state index contributed by atoms with van der Waals surface area (Å²) in [5.74, 6) is 0.855. The van der Waals surface area contributed by atoms with Crippen LogP contribution in [0.2, 0.25) is 0 Å². The van der Waals surface area contributed by atoms with Gasteiger partial charge < -0.3 is 5.32 Å². The molecule has 0 saturated heterocycles. The van der Waals surface area contributed by atoms with Gasteiger partial charge in [0.05, 0.1) is 0 Å². The van der Waals surface area contributed by atoms with Gasteiger partial charge in [0.2, 0.25) is 0 Å². The first-order valence-electron chi connectivity index (χ1n) is 4.13. The minimum atomic E-state index is 0.855. The quantitative estimate of drug-likeness (QED) is 0.749. The average Bonchev–Trinajstić information content (AvgIpc) is 2.19.